The van der Waals surface area contributed by atoms with Crippen LogP contribution in [-0.4, -0.2) is 7.11 Å². The third-order valence-electron chi connectivity index (χ3n) is 1.51. The summed E-state index contributed by atoms with van der Waals surface area (Å²) in [5.41, 5.74) is 1.21. The molecule has 0 aromatic heterocycles. The molecule has 0 unspecified atom stereocenters. The second-order valence-corrected chi connectivity index (χ2v) is 2.09. The Bertz CT molecular complexity index is 183. The Hall–Kier alpha value is -0.980. The fraction of sp³-hybridized carbons (Fsp3) is 0.333. The van der Waals surface area contributed by atoms with Crippen LogP contribution in [0.2, 0.25) is 0 Å². The first kappa shape index (κ1) is 7.13. The number of rotatable bonds is 2. The molecule has 0 saturated carbocycles. The maximum absolute atomic E-state index is 5.12. The van der Waals surface area contributed by atoms with Crippen LogP contribution in [0, 0.1) is 6.07 Å². The summed E-state index contributed by atoms with van der Waals surface area (Å²) in [6, 6.07) is 8.75. The predicted octanol–water partition coefficient (Wildman–Crippen LogP) is 2.06. The molecule has 0 N–H and O–H groups in total. The van der Waals surface area contributed by atoms with Crippen LogP contribution in [0.15, 0.2) is 18.2 Å². The molecule has 0 spiro atoms. The molecule has 0 aliphatic rings. The molecule has 0 aliphatic carbocycles. The van der Waals surface area contributed by atoms with Gasteiger partial charge in [0.15, 0.2) is 0 Å². The van der Waals surface area contributed by atoms with Crippen molar-refractivity contribution in [3.63, 3.8) is 0 Å². The number of benzene rings is 1. The van der Waals surface area contributed by atoms with Crippen molar-refractivity contribution in [2.45, 2.75) is 13.3 Å². The van der Waals surface area contributed by atoms with E-state index in [2.05, 4.69) is 13.0 Å². The van der Waals surface area contributed by atoms with E-state index in [-0.39, 0.29) is 0 Å². The van der Waals surface area contributed by atoms with E-state index in [1.165, 1.54) is 5.56 Å². The van der Waals surface area contributed by atoms with Crippen LogP contribution in [0.25, 0.3) is 0 Å². The van der Waals surface area contributed by atoms with E-state index < -0.39 is 0 Å². The van der Waals surface area contributed by atoms with Gasteiger partial charge in [0.1, 0.15) is 5.75 Å². The first-order valence-electron chi connectivity index (χ1n) is 3.41. The third kappa shape index (κ3) is 1.29. The lowest BCUT2D eigenvalue weighted by Crippen LogP contribution is -1.88. The van der Waals surface area contributed by atoms with Gasteiger partial charge in [0.2, 0.25) is 0 Å². The highest BCUT2D eigenvalue weighted by atomic mass is 16.5. The molecular weight excluding hydrogens is 124 g/mol. The maximum atomic E-state index is 5.12. The van der Waals surface area contributed by atoms with E-state index in [0.29, 0.717) is 0 Å². The number of methoxy groups -OCH3 is 1. The highest BCUT2D eigenvalue weighted by Crippen LogP contribution is 2.16. The molecule has 0 atom stereocenters. The van der Waals surface area contributed by atoms with Crippen molar-refractivity contribution < 1.29 is 4.74 Å². The van der Waals surface area contributed by atoms with Crippen molar-refractivity contribution in [1.82, 2.24) is 0 Å². The molecule has 1 rings (SSSR count). The average Bonchev–Trinajstić information content (AvgIpc) is 2.04. The lowest BCUT2D eigenvalue weighted by atomic mass is 10.1. The zero-order valence-corrected chi connectivity index (χ0v) is 6.35. The summed E-state index contributed by atoms with van der Waals surface area (Å²) < 4.78 is 5.12. The number of ether oxygens (including phenoxy) is 1. The molecule has 1 heteroatoms. The summed E-state index contributed by atoms with van der Waals surface area (Å²) in [5, 5.41) is 0. The van der Waals surface area contributed by atoms with Gasteiger partial charge in [-0.05, 0) is 30.2 Å². The molecule has 53 valence electrons. The highest BCUT2D eigenvalue weighted by Gasteiger charge is 1.95. The molecule has 1 aromatic carbocycles. The molecule has 0 heterocycles. The van der Waals surface area contributed by atoms with E-state index in [9.17, 15) is 0 Å². The Balaban J connectivity index is 2.96. The van der Waals surface area contributed by atoms with E-state index in [0.717, 1.165) is 12.2 Å². The van der Waals surface area contributed by atoms with Crippen molar-refractivity contribution in [2.75, 3.05) is 7.11 Å². The van der Waals surface area contributed by atoms with E-state index in [4.69, 9.17) is 4.74 Å². The normalized spacial score (nSPS) is 9.40. The molecule has 0 fully saturated rings. The summed E-state index contributed by atoms with van der Waals surface area (Å²) in [7, 11) is 1.69. The van der Waals surface area contributed by atoms with Gasteiger partial charge in [-0.2, -0.15) is 0 Å². The van der Waals surface area contributed by atoms with Crippen LogP contribution in [0.5, 0.6) is 5.75 Å². The Labute approximate surface area is 61.6 Å². The van der Waals surface area contributed by atoms with Crippen molar-refractivity contribution in [3.8, 4) is 5.75 Å². The minimum atomic E-state index is 0.959. The molecule has 0 aliphatic heterocycles. The third-order valence-corrected chi connectivity index (χ3v) is 1.51. The Morgan fingerprint density at radius 1 is 1.60 bits per heavy atom. The highest BCUT2D eigenvalue weighted by molar-refractivity contribution is 5.32. The molecule has 1 radical (unpaired) electrons. The first-order valence-corrected chi connectivity index (χ1v) is 3.41. The molecule has 0 bridgehead atoms. The zero-order chi connectivity index (χ0) is 7.40. The van der Waals surface area contributed by atoms with Crippen molar-refractivity contribution in [3.05, 3.63) is 29.8 Å². The fourth-order valence-electron chi connectivity index (χ4n) is 0.926. The van der Waals surface area contributed by atoms with Crippen LogP contribution in [0.4, 0.5) is 0 Å². The topological polar surface area (TPSA) is 9.23 Å². The Morgan fingerprint density at radius 3 is 2.90 bits per heavy atom. The van der Waals surface area contributed by atoms with Crippen LogP contribution in [0.3, 0.4) is 0 Å². The van der Waals surface area contributed by atoms with Gasteiger partial charge in [0.25, 0.3) is 0 Å². The quantitative estimate of drug-likeness (QED) is 0.603. The van der Waals surface area contributed by atoms with E-state index in [1.54, 1.807) is 7.11 Å². The average molecular weight is 135 g/mol. The van der Waals surface area contributed by atoms with Crippen LogP contribution >= 0.6 is 0 Å². The lowest BCUT2D eigenvalue weighted by molar-refractivity contribution is 0.410. The summed E-state index contributed by atoms with van der Waals surface area (Å²) in [4.78, 5) is 0. The van der Waals surface area contributed by atoms with Gasteiger partial charge in [0.05, 0.1) is 7.11 Å². The van der Waals surface area contributed by atoms with Gasteiger partial charge < -0.3 is 4.74 Å². The number of hydrogen-bond donors (Lipinski definition) is 0. The smallest absolute Gasteiger partial charge is 0.122 e. The fourth-order valence-corrected chi connectivity index (χ4v) is 0.926. The largest absolute Gasteiger partial charge is 0.496 e. The second-order valence-electron chi connectivity index (χ2n) is 2.09. The van der Waals surface area contributed by atoms with Gasteiger partial charge in [-0.25, -0.2) is 0 Å². The van der Waals surface area contributed by atoms with Crippen molar-refractivity contribution in [2.24, 2.45) is 0 Å². The van der Waals surface area contributed by atoms with Gasteiger partial charge in [-0.15, -0.1) is 0 Å². The first-order chi connectivity index (χ1) is 4.88. The van der Waals surface area contributed by atoms with E-state index in [1.807, 2.05) is 18.2 Å². The van der Waals surface area contributed by atoms with Crippen LogP contribution in [-0.2, 0) is 6.42 Å². The number of hydrogen-bond acceptors (Lipinski definition) is 1. The molecular formula is C9H11O. The molecule has 1 nitrogen and oxygen atoms in total. The minimum Gasteiger partial charge on any atom is -0.496 e. The Morgan fingerprint density at radius 2 is 2.40 bits per heavy atom. The predicted molar refractivity (Wildman–Crippen MR) is 41.2 cm³/mol. The summed E-state index contributed by atoms with van der Waals surface area (Å²) >= 11 is 0. The van der Waals surface area contributed by atoms with Gasteiger partial charge in [0, 0.05) is 0 Å². The molecule has 1 aromatic rings. The summed E-state index contributed by atoms with van der Waals surface area (Å²) in [6.45, 7) is 2.10. The Kier molecular flexibility index (Phi) is 2.32. The zero-order valence-electron chi connectivity index (χ0n) is 6.35. The van der Waals surface area contributed by atoms with Crippen molar-refractivity contribution >= 4 is 0 Å². The summed E-state index contributed by atoms with van der Waals surface area (Å²) in [6.07, 6.45) is 1.00. The number of aryl methyl sites for hydroxylation is 1. The monoisotopic (exact) mass is 135 g/mol. The van der Waals surface area contributed by atoms with Gasteiger partial charge >= 0.3 is 0 Å². The standard InChI is InChI=1S/C9H11O/c1-3-8-6-4-5-7-9(8)10-2/h5-7H,3H2,1-2H3. The SMILES string of the molecule is CCc1c[c]ccc1OC. The molecule has 0 amide bonds. The lowest BCUT2D eigenvalue weighted by Gasteiger charge is -2.03. The van der Waals surface area contributed by atoms with Crippen LogP contribution in [0.1, 0.15) is 12.5 Å². The minimum absolute atomic E-state index is 0.959. The van der Waals surface area contributed by atoms with Crippen LogP contribution < -0.4 is 4.74 Å². The molecule has 10 heavy (non-hydrogen) atoms. The molecule has 0 saturated heterocycles. The van der Waals surface area contributed by atoms with E-state index >= 15 is 0 Å². The van der Waals surface area contributed by atoms with Gasteiger partial charge in [-0.3, -0.25) is 0 Å². The van der Waals surface area contributed by atoms with Gasteiger partial charge in [-0.1, -0.05) is 13.0 Å². The summed E-state index contributed by atoms with van der Waals surface area (Å²) in [5.74, 6) is 0.959. The maximum Gasteiger partial charge on any atom is 0.122 e. The second kappa shape index (κ2) is 3.25. The van der Waals surface area contributed by atoms with Crippen molar-refractivity contribution in [1.29, 1.82) is 0 Å².